The van der Waals surface area contributed by atoms with Crippen LogP contribution in [-0.2, 0) is 17.8 Å². The molecule has 0 aliphatic rings. The van der Waals surface area contributed by atoms with E-state index < -0.39 is 0 Å². The molecule has 0 radical (unpaired) electrons. The lowest BCUT2D eigenvalue weighted by atomic mass is 10.1. The highest BCUT2D eigenvalue weighted by Crippen LogP contribution is 2.12. The summed E-state index contributed by atoms with van der Waals surface area (Å²) >= 11 is 5.85. The third-order valence-electron chi connectivity index (χ3n) is 3.47. The van der Waals surface area contributed by atoms with Crippen LogP contribution in [0.2, 0.25) is 5.02 Å². The lowest BCUT2D eigenvalue weighted by Gasteiger charge is -2.17. The molecule has 2 rings (SSSR count). The average molecular weight is 313 g/mol. The molecule has 2 aromatic rings. The summed E-state index contributed by atoms with van der Waals surface area (Å²) in [5.74, 6) is 0.0966. The average Bonchev–Trinajstić information content (AvgIpc) is 2.55. The third kappa shape index (κ3) is 4.61. The fourth-order valence-electron chi connectivity index (χ4n) is 2.14. The minimum absolute atomic E-state index is 0.0966. The number of benzene rings is 2. The number of halogens is 1. The molecular weight excluding hydrogens is 296 g/mol. The summed E-state index contributed by atoms with van der Waals surface area (Å²) in [5.41, 5.74) is 2.75. The minimum Gasteiger partial charge on any atom is -0.341 e. The number of carbonyl (C=O) groups excluding carboxylic acids is 1. The molecule has 2 aromatic carbocycles. The highest BCUT2D eigenvalue weighted by atomic mass is 35.5. The van der Waals surface area contributed by atoms with Gasteiger partial charge >= 0.3 is 0 Å². The zero-order valence-corrected chi connectivity index (χ0v) is 13.2. The van der Waals surface area contributed by atoms with Crippen LogP contribution in [0.25, 0.3) is 0 Å². The van der Waals surface area contributed by atoms with Crippen LogP contribution in [0.15, 0.2) is 48.5 Å². The SMILES string of the molecule is CN(Cc1ccc(Cl)cc1)C(=O)CCc1ccc(C#N)cc1. The van der Waals surface area contributed by atoms with Gasteiger partial charge in [-0.2, -0.15) is 5.26 Å². The van der Waals surface area contributed by atoms with Gasteiger partial charge in [0.05, 0.1) is 11.6 Å². The largest absolute Gasteiger partial charge is 0.341 e. The molecule has 112 valence electrons. The van der Waals surface area contributed by atoms with Crippen molar-refractivity contribution < 1.29 is 4.79 Å². The first-order chi connectivity index (χ1) is 10.6. The summed E-state index contributed by atoms with van der Waals surface area (Å²) in [5, 5.41) is 9.45. The Hall–Kier alpha value is -2.31. The maximum Gasteiger partial charge on any atom is 0.222 e. The van der Waals surface area contributed by atoms with Crippen LogP contribution in [0.4, 0.5) is 0 Å². The first-order valence-corrected chi connectivity index (χ1v) is 7.44. The predicted octanol–water partition coefficient (Wildman–Crippen LogP) is 3.80. The standard InChI is InChI=1S/C18H17ClN2O/c1-21(13-16-6-9-17(19)10-7-16)18(22)11-8-14-2-4-15(12-20)5-3-14/h2-7,9-10H,8,11,13H2,1H3. The maximum atomic E-state index is 12.2. The molecule has 0 N–H and O–H groups in total. The summed E-state index contributed by atoms with van der Waals surface area (Å²) in [6.07, 6.45) is 1.13. The Kier molecular flexibility index (Phi) is 5.57. The Morgan fingerprint density at radius 2 is 1.68 bits per heavy atom. The Labute approximate surface area is 135 Å². The molecule has 0 bridgehead atoms. The predicted molar refractivity (Wildman–Crippen MR) is 87.4 cm³/mol. The molecule has 0 spiro atoms. The molecule has 1 amide bonds. The highest BCUT2D eigenvalue weighted by Gasteiger charge is 2.09. The second kappa shape index (κ2) is 7.63. The van der Waals surface area contributed by atoms with Crippen molar-refractivity contribution >= 4 is 17.5 Å². The number of hydrogen-bond acceptors (Lipinski definition) is 2. The van der Waals surface area contributed by atoms with Crippen molar-refractivity contribution in [1.82, 2.24) is 4.90 Å². The van der Waals surface area contributed by atoms with Crippen LogP contribution in [0, 0.1) is 11.3 Å². The maximum absolute atomic E-state index is 12.2. The smallest absolute Gasteiger partial charge is 0.222 e. The van der Waals surface area contributed by atoms with Crippen LogP contribution in [-0.4, -0.2) is 17.9 Å². The number of hydrogen-bond donors (Lipinski definition) is 0. The summed E-state index contributed by atoms with van der Waals surface area (Å²) < 4.78 is 0. The topological polar surface area (TPSA) is 44.1 Å². The molecule has 0 unspecified atom stereocenters. The number of carbonyl (C=O) groups is 1. The van der Waals surface area contributed by atoms with E-state index in [0.717, 1.165) is 11.1 Å². The van der Waals surface area contributed by atoms with E-state index in [1.165, 1.54) is 0 Å². The Morgan fingerprint density at radius 3 is 2.27 bits per heavy atom. The zero-order valence-electron chi connectivity index (χ0n) is 12.4. The Balaban J connectivity index is 1.85. The zero-order chi connectivity index (χ0) is 15.9. The number of amides is 1. The van der Waals surface area contributed by atoms with Crippen molar-refractivity contribution in [2.24, 2.45) is 0 Å². The molecule has 22 heavy (non-hydrogen) atoms. The van der Waals surface area contributed by atoms with E-state index in [2.05, 4.69) is 6.07 Å². The van der Waals surface area contributed by atoms with Crippen LogP contribution in [0.1, 0.15) is 23.1 Å². The summed E-state index contributed by atoms with van der Waals surface area (Å²) in [6, 6.07) is 16.9. The summed E-state index contributed by atoms with van der Waals surface area (Å²) in [7, 11) is 1.80. The Morgan fingerprint density at radius 1 is 1.09 bits per heavy atom. The van der Waals surface area contributed by atoms with Crippen LogP contribution < -0.4 is 0 Å². The molecule has 0 aromatic heterocycles. The van der Waals surface area contributed by atoms with Gasteiger partial charge in [-0.15, -0.1) is 0 Å². The number of nitriles is 1. The van der Waals surface area contributed by atoms with Crippen molar-refractivity contribution in [3.8, 4) is 6.07 Å². The van der Waals surface area contributed by atoms with Gasteiger partial charge in [0.15, 0.2) is 0 Å². The molecule has 0 saturated heterocycles. The lowest BCUT2D eigenvalue weighted by Crippen LogP contribution is -2.26. The second-order valence-electron chi connectivity index (χ2n) is 5.18. The fraction of sp³-hybridized carbons (Fsp3) is 0.222. The number of nitrogens with zero attached hydrogens (tertiary/aromatic N) is 2. The van der Waals surface area contributed by atoms with E-state index in [-0.39, 0.29) is 5.91 Å². The second-order valence-corrected chi connectivity index (χ2v) is 5.62. The molecule has 0 fully saturated rings. The van der Waals surface area contributed by atoms with Crippen molar-refractivity contribution in [2.45, 2.75) is 19.4 Å². The molecule has 0 saturated carbocycles. The van der Waals surface area contributed by atoms with Crippen molar-refractivity contribution in [1.29, 1.82) is 5.26 Å². The fourth-order valence-corrected chi connectivity index (χ4v) is 2.27. The molecular formula is C18H17ClN2O. The van der Waals surface area contributed by atoms with Gasteiger partial charge in [0, 0.05) is 25.0 Å². The minimum atomic E-state index is 0.0966. The first-order valence-electron chi connectivity index (χ1n) is 7.06. The van der Waals surface area contributed by atoms with Crippen LogP contribution >= 0.6 is 11.6 Å². The van der Waals surface area contributed by atoms with Crippen molar-refractivity contribution in [3.63, 3.8) is 0 Å². The van der Waals surface area contributed by atoms with E-state index in [1.807, 2.05) is 36.4 Å². The Bertz CT molecular complexity index is 672. The molecule has 3 nitrogen and oxygen atoms in total. The van der Waals surface area contributed by atoms with Gasteiger partial charge in [0.2, 0.25) is 5.91 Å². The molecule has 0 heterocycles. The molecule has 0 atom stereocenters. The van der Waals surface area contributed by atoms with Crippen molar-refractivity contribution in [2.75, 3.05) is 7.05 Å². The molecule has 0 aliphatic heterocycles. The number of aryl methyl sites for hydroxylation is 1. The van der Waals surface area contributed by atoms with E-state index in [4.69, 9.17) is 16.9 Å². The van der Waals surface area contributed by atoms with Crippen LogP contribution in [0.3, 0.4) is 0 Å². The van der Waals surface area contributed by atoms with Gasteiger partial charge in [-0.25, -0.2) is 0 Å². The molecule has 0 aliphatic carbocycles. The first kappa shape index (κ1) is 16.1. The highest BCUT2D eigenvalue weighted by molar-refractivity contribution is 6.30. The van der Waals surface area contributed by atoms with E-state index in [9.17, 15) is 4.79 Å². The van der Waals surface area contributed by atoms with E-state index in [1.54, 1.807) is 24.1 Å². The van der Waals surface area contributed by atoms with Crippen LogP contribution in [0.5, 0.6) is 0 Å². The number of rotatable bonds is 5. The van der Waals surface area contributed by atoms with Crippen molar-refractivity contribution in [3.05, 3.63) is 70.2 Å². The third-order valence-corrected chi connectivity index (χ3v) is 3.72. The van der Waals surface area contributed by atoms with Gasteiger partial charge in [-0.1, -0.05) is 35.9 Å². The van der Waals surface area contributed by atoms with E-state index >= 15 is 0 Å². The quantitative estimate of drug-likeness (QED) is 0.842. The van der Waals surface area contributed by atoms with Gasteiger partial charge in [-0.3, -0.25) is 4.79 Å². The van der Waals surface area contributed by atoms with Gasteiger partial charge in [0.1, 0.15) is 0 Å². The van der Waals surface area contributed by atoms with Gasteiger partial charge in [0.25, 0.3) is 0 Å². The molecule has 4 heteroatoms. The summed E-state index contributed by atoms with van der Waals surface area (Å²) in [6.45, 7) is 0.573. The summed E-state index contributed by atoms with van der Waals surface area (Å²) in [4.78, 5) is 13.9. The van der Waals surface area contributed by atoms with Gasteiger partial charge in [-0.05, 0) is 41.8 Å². The monoisotopic (exact) mass is 312 g/mol. The lowest BCUT2D eigenvalue weighted by molar-refractivity contribution is -0.130. The van der Waals surface area contributed by atoms with E-state index in [0.29, 0.717) is 30.0 Å². The van der Waals surface area contributed by atoms with Gasteiger partial charge < -0.3 is 4.90 Å². The normalized spacial score (nSPS) is 10.0.